The summed E-state index contributed by atoms with van der Waals surface area (Å²) in [4.78, 5) is 19.5. The van der Waals surface area contributed by atoms with E-state index in [1.54, 1.807) is 0 Å². The smallest absolute Gasteiger partial charge is 0.253 e. The van der Waals surface area contributed by atoms with Crippen molar-refractivity contribution >= 4 is 28.4 Å². The van der Waals surface area contributed by atoms with Crippen LogP contribution in [-0.2, 0) is 12.8 Å². The van der Waals surface area contributed by atoms with Crippen LogP contribution in [0, 0.1) is 5.92 Å². The van der Waals surface area contributed by atoms with Crippen LogP contribution in [0.3, 0.4) is 0 Å². The highest BCUT2D eigenvalue weighted by Crippen LogP contribution is 2.34. The number of carbonyl (C=O) groups excluding carboxylic acids is 1. The standard InChI is InChI=1S/C19H21ClN2O/c1-12-4-3-9-22(11-12)19(23)13-7-8-15-17(10-13)21-16-6-2-5-14(16)18(15)20/h7-8,10,12H,2-6,9,11H2,1H3/t12-/m1/s1. The number of aryl methyl sites for hydroxylation is 1. The van der Waals surface area contributed by atoms with Crippen LogP contribution < -0.4 is 0 Å². The van der Waals surface area contributed by atoms with Crippen molar-refractivity contribution in [1.82, 2.24) is 9.88 Å². The zero-order valence-corrected chi connectivity index (χ0v) is 14.2. The first kappa shape index (κ1) is 14.9. The van der Waals surface area contributed by atoms with Gasteiger partial charge in [0.15, 0.2) is 0 Å². The molecule has 1 aliphatic carbocycles. The first-order valence-corrected chi connectivity index (χ1v) is 8.91. The Morgan fingerprint density at radius 1 is 1.30 bits per heavy atom. The van der Waals surface area contributed by atoms with Gasteiger partial charge in [-0.15, -0.1) is 0 Å². The molecule has 0 bridgehead atoms. The zero-order valence-electron chi connectivity index (χ0n) is 13.4. The summed E-state index contributed by atoms with van der Waals surface area (Å²) in [6, 6.07) is 5.78. The van der Waals surface area contributed by atoms with Gasteiger partial charge in [0.1, 0.15) is 0 Å². The zero-order chi connectivity index (χ0) is 16.0. The number of aromatic nitrogens is 1. The molecule has 4 rings (SSSR count). The molecule has 3 nitrogen and oxygen atoms in total. The Balaban J connectivity index is 1.71. The van der Waals surface area contributed by atoms with Gasteiger partial charge in [0.25, 0.3) is 5.91 Å². The highest BCUT2D eigenvalue weighted by atomic mass is 35.5. The minimum Gasteiger partial charge on any atom is -0.338 e. The molecular formula is C19H21ClN2O. The number of rotatable bonds is 1. The van der Waals surface area contributed by atoms with Gasteiger partial charge >= 0.3 is 0 Å². The van der Waals surface area contributed by atoms with Crippen molar-refractivity contribution in [3.63, 3.8) is 0 Å². The van der Waals surface area contributed by atoms with Crippen molar-refractivity contribution in [2.24, 2.45) is 5.92 Å². The number of hydrogen-bond donors (Lipinski definition) is 0. The van der Waals surface area contributed by atoms with Crippen LogP contribution in [0.25, 0.3) is 10.9 Å². The second kappa shape index (κ2) is 5.79. The Morgan fingerprint density at radius 2 is 2.17 bits per heavy atom. The number of nitrogens with zero attached hydrogens (tertiary/aromatic N) is 2. The van der Waals surface area contributed by atoms with Crippen molar-refractivity contribution in [3.05, 3.63) is 40.0 Å². The molecule has 2 aliphatic rings. The lowest BCUT2D eigenvalue weighted by Gasteiger charge is -2.31. The quantitative estimate of drug-likeness (QED) is 0.784. The molecule has 1 fully saturated rings. The molecule has 1 amide bonds. The van der Waals surface area contributed by atoms with E-state index in [0.717, 1.165) is 66.0 Å². The number of likely N-dealkylation sites (tertiary alicyclic amines) is 1. The Hall–Kier alpha value is -1.61. The molecule has 1 aromatic heterocycles. The largest absolute Gasteiger partial charge is 0.338 e. The van der Waals surface area contributed by atoms with Gasteiger partial charge in [0, 0.05) is 29.7 Å². The van der Waals surface area contributed by atoms with Crippen molar-refractivity contribution < 1.29 is 4.79 Å². The van der Waals surface area contributed by atoms with Crippen LogP contribution in [-0.4, -0.2) is 28.9 Å². The number of piperidine rings is 1. The third kappa shape index (κ3) is 2.61. The molecule has 2 aromatic rings. The highest BCUT2D eigenvalue weighted by Gasteiger charge is 2.23. The van der Waals surface area contributed by atoms with Crippen LogP contribution in [0.5, 0.6) is 0 Å². The van der Waals surface area contributed by atoms with E-state index in [2.05, 4.69) is 6.92 Å². The Labute approximate surface area is 141 Å². The van der Waals surface area contributed by atoms with Crippen LogP contribution >= 0.6 is 11.6 Å². The lowest BCUT2D eigenvalue weighted by Crippen LogP contribution is -2.39. The predicted octanol–water partition coefficient (Wildman–Crippen LogP) is 4.25. The van der Waals surface area contributed by atoms with E-state index in [1.807, 2.05) is 23.1 Å². The van der Waals surface area contributed by atoms with Crippen molar-refractivity contribution in [2.45, 2.75) is 39.0 Å². The van der Waals surface area contributed by atoms with Gasteiger partial charge in [0.2, 0.25) is 0 Å². The molecule has 0 N–H and O–H groups in total. The van der Waals surface area contributed by atoms with Gasteiger partial charge in [0.05, 0.1) is 10.5 Å². The molecule has 120 valence electrons. The Morgan fingerprint density at radius 3 is 3.00 bits per heavy atom. The molecule has 2 heterocycles. The second-order valence-electron chi connectivity index (χ2n) is 6.94. The topological polar surface area (TPSA) is 33.2 Å². The molecule has 0 unspecified atom stereocenters. The summed E-state index contributed by atoms with van der Waals surface area (Å²) in [5.74, 6) is 0.709. The third-order valence-electron chi connectivity index (χ3n) is 5.13. The SMILES string of the molecule is C[C@@H]1CCCN(C(=O)c2ccc3c(Cl)c4c(nc3c2)CCC4)C1. The molecular weight excluding hydrogens is 308 g/mol. The van der Waals surface area contributed by atoms with Gasteiger partial charge < -0.3 is 4.90 Å². The number of carbonyl (C=O) groups is 1. The fourth-order valence-corrected chi connectivity index (χ4v) is 4.26. The summed E-state index contributed by atoms with van der Waals surface area (Å²) in [7, 11) is 0. The van der Waals surface area contributed by atoms with Crippen molar-refractivity contribution in [1.29, 1.82) is 0 Å². The van der Waals surface area contributed by atoms with E-state index in [1.165, 1.54) is 12.0 Å². The summed E-state index contributed by atoms with van der Waals surface area (Å²) >= 11 is 6.55. The van der Waals surface area contributed by atoms with Crippen molar-refractivity contribution in [2.75, 3.05) is 13.1 Å². The van der Waals surface area contributed by atoms with Crippen LogP contribution in [0.4, 0.5) is 0 Å². The van der Waals surface area contributed by atoms with E-state index >= 15 is 0 Å². The summed E-state index contributed by atoms with van der Waals surface area (Å²) in [6.07, 6.45) is 5.44. The number of halogens is 1. The maximum Gasteiger partial charge on any atom is 0.253 e. The van der Waals surface area contributed by atoms with Crippen LogP contribution in [0.1, 0.15) is 47.8 Å². The minimum atomic E-state index is 0.122. The summed E-state index contributed by atoms with van der Waals surface area (Å²) in [5.41, 5.74) is 3.89. The lowest BCUT2D eigenvalue weighted by atomic mass is 9.99. The van der Waals surface area contributed by atoms with Gasteiger partial charge in [-0.3, -0.25) is 9.78 Å². The minimum absolute atomic E-state index is 0.122. The number of pyridine rings is 1. The summed E-state index contributed by atoms with van der Waals surface area (Å²) in [6.45, 7) is 3.93. The number of benzene rings is 1. The molecule has 1 saturated heterocycles. The molecule has 1 aliphatic heterocycles. The van der Waals surface area contributed by atoms with Crippen LogP contribution in [0.2, 0.25) is 5.02 Å². The molecule has 23 heavy (non-hydrogen) atoms. The predicted molar refractivity (Wildman–Crippen MR) is 93.1 cm³/mol. The van der Waals surface area contributed by atoms with Crippen LogP contribution in [0.15, 0.2) is 18.2 Å². The normalized spacial score (nSPS) is 20.8. The van der Waals surface area contributed by atoms with Gasteiger partial charge in [-0.2, -0.15) is 0 Å². The third-order valence-corrected chi connectivity index (χ3v) is 5.57. The molecule has 4 heteroatoms. The second-order valence-corrected chi connectivity index (χ2v) is 7.31. The molecule has 0 radical (unpaired) electrons. The molecule has 1 aromatic carbocycles. The molecule has 0 saturated carbocycles. The molecule has 0 spiro atoms. The number of fused-ring (bicyclic) bond motifs is 2. The fraction of sp³-hybridized carbons (Fsp3) is 0.474. The van der Waals surface area contributed by atoms with E-state index in [-0.39, 0.29) is 5.91 Å². The van der Waals surface area contributed by atoms with E-state index in [4.69, 9.17) is 16.6 Å². The number of amides is 1. The Bertz CT molecular complexity index is 787. The van der Waals surface area contributed by atoms with E-state index < -0.39 is 0 Å². The Kier molecular flexibility index (Phi) is 3.76. The van der Waals surface area contributed by atoms with E-state index in [0.29, 0.717) is 5.92 Å². The van der Waals surface area contributed by atoms with Crippen molar-refractivity contribution in [3.8, 4) is 0 Å². The maximum atomic E-state index is 12.8. The number of hydrogen-bond acceptors (Lipinski definition) is 2. The van der Waals surface area contributed by atoms with E-state index in [9.17, 15) is 4.79 Å². The first-order chi connectivity index (χ1) is 11.1. The van der Waals surface area contributed by atoms with Gasteiger partial charge in [-0.1, -0.05) is 24.6 Å². The molecule has 1 atom stereocenters. The summed E-state index contributed by atoms with van der Waals surface area (Å²) in [5, 5.41) is 1.80. The summed E-state index contributed by atoms with van der Waals surface area (Å²) < 4.78 is 0. The fourth-order valence-electron chi connectivity index (χ4n) is 3.89. The highest BCUT2D eigenvalue weighted by molar-refractivity contribution is 6.36. The maximum absolute atomic E-state index is 12.8. The average Bonchev–Trinajstić information content (AvgIpc) is 3.02. The van der Waals surface area contributed by atoms with Gasteiger partial charge in [-0.05, 0) is 55.7 Å². The lowest BCUT2D eigenvalue weighted by molar-refractivity contribution is 0.0683. The first-order valence-electron chi connectivity index (χ1n) is 8.54. The van der Waals surface area contributed by atoms with Gasteiger partial charge in [-0.25, -0.2) is 0 Å². The average molecular weight is 329 g/mol. The monoisotopic (exact) mass is 328 g/mol.